The van der Waals surface area contributed by atoms with Crippen LogP contribution in [0.5, 0.6) is 0 Å². The summed E-state index contributed by atoms with van der Waals surface area (Å²) in [6.07, 6.45) is 1.56. The zero-order chi connectivity index (χ0) is 17.1. The van der Waals surface area contributed by atoms with Gasteiger partial charge in [-0.1, -0.05) is 6.07 Å². The molecule has 3 aromatic heterocycles. The average molecular weight is 344 g/mol. The maximum Gasteiger partial charge on any atom is 0.274 e. The number of nitrogens with zero attached hydrogens (tertiary/aromatic N) is 3. The quantitative estimate of drug-likeness (QED) is 0.771. The average Bonchev–Trinajstić information content (AvgIpc) is 3.29. The van der Waals surface area contributed by atoms with Crippen LogP contribution in [0.1, 0.15) is 25.9 Å². The second kappa shape index (κ2) is 6.71. The molecule has 0 bridgehead atoms. The Morgan fingerprint density at radius 1 is 1.38 bits per heavy atom. The molecule has 0 atom stereocenters. The molecule has 0 aromatic carbocycles. The fraction of sp³-hybridized carbons (Fsp3) is 0.188. The molecule has 1 N–H and O–H groups in total. The zero-order valence-electron chi connectivity index (χ0n) is 13.2. The van der Waals surface area contributed by atoms with Gasteiger partial charge in [0.2, 0.25) is 0 Å². The minimum Gasteiger partial charge on any atom is -0.467 e. The molecule has 3 aromatic rings. The molecule has 0 saturated heterocycles. The Balaban J connectivity index is 1.71. The molecule has 3 rings (SSSR count). The van der Waals surface area contributed by atoms with E-state index in [0.717, 1.165) is 0 Å². The Morgan fingerprint density at radius 3 is 2.88 bits per heavy atom. The normalized spacial score (nSPS) is 10.6. The number of aryl methyl sites for hydroxylation is 1. The van der Waals surface area contributed by atoms with Gasteiger partial charge in [-0.05, 0) is 23.6 Å². The number of furan rings is 1. The van der Waals surface area contributed by atoms with Gasteiger partial charge < -0.3 is 14.6 Å². The highest BCUT2D eigenvalue weighted by Crippen LogP contribution is 2.16. The largest absolute Gasteiger partial charge is 0.467 e. The molecule has 0 spiro atoms. The number of rotatable bonds is 5. The molecular weight excluding hydrogens is 328 g/mol. The van der Waals surface area contributed by atoms with Crippen LogP contribution >= 0.6 is 11.3 Å². The van der Waals surface area contributed by atoms with E-state index in [2.05, 4.69) is 10.4 Å². The van der Waals surface area contributed by atoms with Crippen molar-refractivity contribution in [2.45, 2.75) is 6.54 Å². The SMILES string of the molecule is CN(Cc1ccco1)C(=O)c1cc(NC(=O)c2cccs2)n(C)n1. The van der Waals surface area contributed by atoms with E-state index >= 15 is 0 Å². The lowest BCUT2D eigenvalue weighted by Gasteiger charge is -2.13. The summed E-state index contributed by atoms with van der Waals surface area (Å²) in [5, 5.41) is 8.76. The molecule has 124 valence electrons. The van der Waals surface area contributed by atoms with E-state index < -0.39 is 0 Å². The van der Waals surface area contributed by atoms with E-state index in [-0.39, 0.29) is 17.5 Å². The predicted octanol–water partition coefficient (Wildman–Crippen LogP) is 2.60. The van der Waals surface area contributed by atoms with Gasteiger partial charge in [0.15, 0.2) is 5.69 Å². The molecule has 0 aliphatic heterocycles. The number of hydrogen-bond donors (Lipinski definition) is 1. The fourth-order valence-corrected chi connectivity index (χ4v) is 2.80. The van der Waals surface area contributed by atoms with E-state index in [9.17, 15) is 9.59 Å². The number of anilines is 1. The van der Waals surface area contributed by atoms with Crippen LogP contribution in [0.2, 0.25) is 0 Å². The lowest BCUT2D eigenvalue weighted by molar-refractivity contribution is 0.0768. The van der Waals surface area contributed by atoms with Crippen molar-refractivity contribution in [1.82, 2.24) is 14.7 Å². The summed E-state index contributed by atoms with van der Waals surface area (Å²) in [4.78, 5) is 26.7. The molecule has 0 saturated carbocycles. The van der Waals surface area contributed by atoms with Gasteiger partial charge in [-0.2, -0.15) is 5.10 Å². The fourth-order valence-electron chi connectivity index (χ4n) is 2.18. The summed E-state index contributed by atoms with van der Waals surface area (Å²) < 4.78 is 6.71. The minimum atomic E-state index is -0.251. The molecule has 0 aliphatic carbocycles. The molecule has 24 heavy (non-hydrogen) atoms. The van der Waals surface area contributed by atoms with Crippen LogP contribution in [0.4, 0.5) is 5.82 Å². The first-order chi connectivity index (χ1) is 11.5. The number of carbonyl (C=O) groups is 2. The molecule has 0 unspecified atom stereocenters. The van der Waals surface area contributed by atoms with Crippen LogP contribution in [0.3, 0.4) is 0 Å². The summed E-state index contributed by atoms with van der Waals surface area (Å²) in [5.74, 6) is 0.672. The molecule has 8 heteroatoms. The topological polar surface area (TPSA) is 80.4 Å². The van der Waals surface area contributed by atoms with Gasteiger partial charge in [0.1, 0.15) is 11.6 Å². The Kier molecular flexibility index (Phi) is 4.48. The summed E-state index contributed by atoms with van der Waals surface area (Å²) in [6.45, 7) is 0.347. The van der Waals surface area contributed by atoms with Crippen LogP contribution in [0.15, 0.2) is 46.4 Å². The number of carbonyl (C=O) groups excluding carboxylic acids is 2. The lowest BCUT2D eigenvalue weighted by Crippen LogP contribution is -2.26. The van der Waals surface area contributed by atoms with Crippen molar-refractivity contribution in [2.24, 2.45) is 7.05 Å². The van der Waals surface area contributed by atoms with Crippen molar-refractivity contribution < 1.29 is 14.0 Å². The molecule has 0 aliphatic rings. The first-order valence-electron chi connectivity index (χ1n) is 7.21. The maximum absolute atomic E-state index is 12.4. The number of aromatic nitrogens is 2. The van der Waals surface area contributed by atoms with Crippen LogP contribution in [-0.2, 0) is 13.6 Å². The number of amides is 2. The van der Waals surface area contributed by atoms with Crippen molar-refractivity contribution in [3.8, 4) is 0 Å². The smallest absolute Gasteiger partial charge is 0.274 e. The third-order valence-corrected chi connectivity index (χ3v) is 4.27. The third kappa shape index (κ3) is 3.38. The number of hydrogen-bond acceptors (Lipinski definition) is 5. The van der Waals surface area contributed by atoms with Crippen LogP contribution in [-0.4, -0.2) is 33.5 Å². The summed E-state index contributed by atoms with van der Waals surface area (Å²) in [6, 6.07) is 8.68. The number of nitrogens with one attached hydrogen (secondary N) is 1. The molecule has 7 nitrogen and oxygen atoms in total. The van der Waals surface area contributed by atoms with Crippen molar-refractivity contribution in [3.63, 3.8) is 0 Å². The van der Waals surface area contributed by atoms with E-state index in [1.807, 2.05) is 5.38 Å². The first kappa shape index (κ1) is 16.0. The van der Waals surface area contributed by atoms with Crippen LogP contribution < -0.4 is 5.32 Å². The van der Waals surface area contributed by atoms with Gasteiger partial charge in [-0.15, -0.1) is 11.3 Å². The van der Waals surface area contributed by atoms with Crippen LogP contribution in [0, 0.1) is 0 Å². The first-order valence-corrected chi connectivity index (χ1v) is 8.09. The van der Waals surface area contributed by atoms with Crippen molar-refractivity contribution >= 4 is 29.0 Å². The Bertz CT molecular complexity index is 837. The second-order valence-corrected chi connectivity index (χ2v) is 6.16. The van der Waals surface area contributed by atoms with Gasteiger partial charge in [0.25, 0.3) is 11.8 Å². The van der Waals surface area contributed by atoms with Crippen molar-refractivity contribution in [2.75, 3.05) is 12.4 Å². The summed E-state index contributed by atoms with van der Waals surface area (Å²) in [7, 11) is 3.34. The molecule has 3 heterocycles. The highest BCUT2D eigenvalue weighted by Gasteiger charge is 2.19. The van der Waals surface area contributed by atoms with E-state index in [1.54, 1.807) is 50.7 Å². The molecule has 0 radical (unpaired) electrons. The summed E-state index contributed by atoms with van der Waals surface area (Å²) >= 11 is 1.35. The Hall–Kier alpha value is -2.87. The van der Waals surface area contributed by atoms with Crippen molar-refractivity contribution in [1.29, 1.82) is 0 Å². The highest BCUT2D eigenvalue weighted by atomic mass is 32.1. The third-order valence-electron chi connectivity index (χ3n) is 3.41. The van der Waals surface area contributed by atoms with E-state index in [1.165, 1.54) is 20.9 Å². The highest BCUT2D eigenvalue weighted by molar-refractivity contribution is 7.12. The predicted molar refractivity (Wildman–Crippen MR) is 90.0 cm³/mol. The lowest BCUT2D eigenvalue weighted by atomic mass is 10.3. The summed E-state index contributed by atoms with van der Waals surface area (Å²) in [5.41, 5.74) is 0.257. The Labute approximate surface area is 142 Å². The van der Waals surface area contributed by atoms with Gasteiger partial charge >= 0.3 is 0 Å². The monoisotopic (exact) mass is 344 g/mol. The van der Waals surface area contributed by atoms with Crippen molar-refractivity contribution in [3.05, 3.63) is 58.3 Å². The minimum absolute atomic E-state index is 0.226. The number of thiophene rings is 1. The van der Waals surface area contributed by atoms with Gasteiger partial charge in [-0.25, -0.2) is 0 Å². The molecule has 0 fully saturated rings. The molecule has 2 amide bonds. The van der Waals surface area contributed by atoms with E-state index in [0.29, 0.717) is 23.0 Å². The van der Waals surface area contributed by atoms with Gasteiger partial charge in [0.05, 0.1) is 17.7 Å². The van der Waals surface area contributed by atoms with Crippen LogP contribution in [0.25, 0.3) is 0 Å². The second-order valence-electron chi connectivity index (χ2n) is 5.21. The molecular formula is C16H16N4O3S. The maximum atomic E-state index is 12.4. The van der Waals surface area contributed by atoms with Gasteiger partial charge in [0, 0.05) is 20.2 Å². The zero-order valence-corrected chi connectivity index (χ0v) is 14.0. The Morgan fingerprint density at radius 2 is 2.21 bits per heavy atom. The van der Waals surface area contributed by atoms with Gasteiger partial charge in [-0.3, -0.25) is 14.3 Å². The van der Waals surface area contributed by atoms with E-state index in [4.69, 9.17) is 4.42 Å². The standard InChI is InChI=1S/C16H16N4O3S/c1-19(10-11-5-3-7-23-11)16(22)12-9-14(20(2)18-12)17-15(21)13-6-4-8-24-13/h3-9H,10H2,1-2H3,(H,17,21).